The third-order valence-corrected chi connectivity index (χ3v) is 4.37. The first-order chi connectivity index (χ1) is 12.3. The maximum absolute atomic E-state index is 12.8. The Balaban J connectivity index is 1.71. The fraction of sp³-hybridized carbons (Fsp3) is 0.222. The molecule has 3 rings (SSSR count). The number of amides is 2. The van der Waals surface area contributed by atoms with Crippen molar-refractivity contribution in [2.75, 3.05) is 16.8 Å². The van der Waals surface area contributed by atoms with Crippen molar-refractivity contribution in [3.05, 3.63) is 59.1 Å². The smallest absolute Gasteiger partial charge is 0.325 e. The van der Waals surface area contributed by atoms with Gasteiger partial charge in [0.05, 0.1) is 5.56 Å². The quantitative estimate of drug-likeness (QED) is 0.802. The summed E-state index contributed by atoms with van der Waals surface area (Å²) in [4.78, 5) is 26.3. The number of alkyl halides is 3. The Morgan fingerprint density at radius 3 is 2.50 bits per heavy atom. The molecule has 4 nitrogen and oxygen atoms in total. The lowest BCUT2D eigenvalue weighted by Crippen LogP contribution is -2.33. The molecule has 0 bridgehead atoms. The number of carbonyl (C=O) groups is 2. The molecule has 1 aliphatic heterocycles. The summed E-state index contributed by atoms with van der Waals surface area (Å²) < 4.78 is 38.3. The van der Waals surface area contributed by atoms with Crippen molar-refractivity contribution in [2.24, 2.45) is 5.92 Å². The first kappa shape index (κ1) is 18.3. The zero-order valence-corrected chi connectivity index (χ0v) is 14.1. The minimum Gasteiger partial charge on any atom is -0.325 e. The minimum absolute atomic E-state index is 0.00238. The molecular weight excluding hydrogens is 369 g/mol. The van der Waals surface area contributed by atoms with Crippen LogP contribution in [-0.4, -0.2) is 18.4 Å². The molecule has 0 aromatic heterocycles. The summed E-state index contributed by atoms with van der Waals surface area (Å²) in [6, 6.07) is 10.9. The molecule has 1 heterocycles. The van der Waals surface area contributed by atoms with Crippen molar-refractivity contribution >= 4 is 34.8 Å². The molecule has 2 amide bonds. The van der Waals surface area contributed by atoms with Crippen molar-refractivity contribution in [2.45, 2.75) is 12.6 Å². The van der Waals surface area contributed by atoms with Crippen LogP contribution >= 0.6 is 11.6 Å². The maximum Gasteiger partial charge on any atom is 0.416 e. The van der Waals surface area contributed by atoms with E-state index in [0.29, 0.717) is 17.3 Å². The lowest BCUT2D eigenvalue weighted by Gasteiger charge is -2.17. The molecule has 0 unspecified atom stereocenters. The highest BCUT2D eigenvalue weighted by Gasteiger charge is 2.38. The van der Waals surface area contributed by atoms with Gasteiger partial charge in [-0.3, -0.25) is 9.59 Å². The SMILES string of the molecule is O=C(Nc1cccc(C(F)(F)F)c1)[C@H]1CCN(c2ccc(Cl)cc2)C1=O. The van der Waals surface area contributed by atoms with Crippen LogP contribution in [0.2, 0.25) is 5.02 Å². The summed E-state index contributed by atoms with van der Waals surface area (Å²) in [7, 11) is 0. The van der Waals surface area contributed by atoms with Gasteiger partial charge in [0.15, 0.2) is 0 Å². The molecule has 1 aliphatic rings. The Morgan fingerprint density at radius 1 is 1.15 bits per heavy atom. The zero-order chi connectivity index (χ0) is 18.9. The van der Waals surface area contributed by atoms with Gasteiger partial charge in [-0.05, 0) is 48.9 Å². The number of anilines is 2. The molecule has 1 fully saturated rings. The van der Waals surface area contributed by atoms with E-state index in [4.69, 9.17) is 11.6 Å². The van der Waals surface area contributed by atoms with Crippen LogP contribution in [-0.2, 0) is 15.8 Å². The minimum atomic E-state index is -4.50. The van der Waals surface area contributed by atoms with Gasteiger partial charge in [0.2, 0.25) is 11.8 Å². The second-order valence-corrected chi connectivity index (χ2v) is 6.31. The van der Waals surface area contributed by atoms with Crippen LogP contribution in [0, 0.1) is 5.92 Å². The molecule has 2 aromatic carbocycles. The molecule has 0 aliphatic carbocycles. The van der Waals surface area contributed by atoms with Crippen LogP contribution in [0.1, 0.15) is 12.0 Å². The Labute approximate surface area is 152 Å². The number of carbonyl (C=O) groups excluding carboxylic acids is 2. The highest BCUT2D eigenvalue weighted by atomic mass is 35.5. The van der Waals surface area contributed by atoms with E-state index in [1.165, 1.54) is 17.0 Å². The van der Waals surface area contributed by atoms with E-state index in [1.807, 2.05) is 0 Å². The molecule has 1 saturated heterocycles. The van der Waals surface area contributed by atoms with Crippen LogP contribution < -0.4 is 10.2 Å². The number of benzene rings is 2. The molecule has 26 heavy (non-hydrogen) atoms. The average Bonchev–Trinajstić information content (AvgIpc) is 2.97. The number of rotatable bonds is 3. The monoisotopic (exact) mass is 382 g/mol. The van der Waals surface area contributed by atoms with E-state index < -0.39 is 29.5 Å². The Bertz CT molecular complexity index is 837. The molecule has 0 spiro atoms. The topological polar surface area (TPSA) is 49.4 Å². The standard InChI is InChI=1S/C18H14ClF3N2O2/c19-12-4-6-14(7-5-12)24-9-8-15(17(24)26)16(25)23-13-3-1-2-11(10-13)18(20,21)22/h1-7,10,15H,8-9H2,(H,23,25)/t15-/m1/s1. The van der Waals surface area contributed by atoms with Crippen molar-refractivity contribution in [1.82, 2.24) is 0 Å². The molecule has 136 valence electrons. The van der Waals surface area contributed by atoms with Crippen molar-refractivity contribution in [1.29, 1.82) is 0 Å². The van der Waals surface area contributed by atoms with E-state index in [9.17, 15) is 22.8 Å². The van der Waals surface area contributed by atoms with Crippen LogP contribution in [0.3, 0.4) is 0 Å². The number of hydrogen-bond donors (Lipinski definition) is 1. The molecule has 8 heteroatoms. The Hall–Kier alpha value is -2.54. The fourth-order valence-corrected chi connectivity index (χ4v) is 2.93. The first-order valence-electron chi connectivity index (χ1n) is 7.81. The van der Waals surface area contributed by atoms with Gasteiger partial charge in [-0.25, -0.2) is 0 Å². The van der Waals surface area contributed by atoms with Crippen LogP contribution in [0.4, 0.5) is 24.5 Å². The van der Waals surface area contributed by atoms with Crippen LogP contribution in [0.25, 0.3) is 0 Å². The Kier molecular flexibility index (Phi) is 4.91. The fourth-order valence-electron chi connectivity index (χ4n) is 2.80. The molecule has 0 saturated carbocycles. The normalized spacial score (nSPS) is 17.5. The summed E-state index contributed by atoms with van der Waals surface area (Å²) in [5.41, 5.74) is -0.243. The highest BCUT2D eigenvalue weighted by Crippen LogP contribution is 2.31. The predicted molar refractivity (Wildman–Crippen MR) is 92.0 cm³/mol. The van der Waals surface area contributed by atoms with E-state index >= 15 is 0 Å². The average molecular weight is 383 g/mol. The summed E-state index contributed by atoms with van der Waals surface area (Å²) in [6.07, 6.45) is -4.22. The molecule has 0 radical (unpaired) electrons. The third kappa shape index (κ3) is 3.83. The van der Waals surface area contributed by atoms with Gasteiger partial charge in [0.1, 0.15) is 5.92 Å². The van der Waals surface area contributed by atoms with E-state index in [1.54, 1.807) is 24.3 Å². The van der Waals surface area contributed by atoms with Gasteiger partial charge in [0.25, 0.3) is 0 Å². The predicted octanol–water partition coefficient (Wildman–Crippen LogP) is 4.35. The molecule has 1 N–H and O–H groups in total. The largest absolute Gasteiger partial charge is 0.416 e. The van der Waals surface area contributed by atoms with E-state index in [-0.39, 0.29) is 12.1 Å². The number of nitrogens with one attached hydrogen (secondary N) is 1. The van der Waals surface area contributed by atoms with Gasteiger partial charge >= 0.3 is 6.18 Å². The third-order valence-electron chi connectivity index (χ3n) is 4.12. The first-order valence-corrected chi connectivity index (χ1v) is 8.18. The summed E-state index contributed by atoms with van der Waals surface area (Å²) in [5, 5.41) is 2.93. The highest BCUT2D eigenvalue weighted by molar-refractivity contribution is 6.30. The van der Waals surface area contributed by atoms with E-state index in [2.05, 4.69) is 5.32 Å². The molecule has 1 atom stereocenters. The van der Waals surface area contributed by atoms with Crippen molar-refractivity contribution in [3.8, 4) is 0 Å². The number of nitrogens with zero attached hydrogens (tertiary/aromatic N) is 1. The molecular formula is C18H14ClF3N2O2. The summed E-state index contributed by atoms with van der Waals surface area (Å²) in [5.74, 6) is -1.96. The Morgan fingerprint density at radius 2 is 1.85 bits per heavy atom. The second kappa shape index (κ2) is 6.99. The lowest BCUT2D eigenvalue weighted by atomic mass is 10.1. The van der Waals surface area contributed by atoms with Gasteiger partial charge in [-0.1, -0.05) is 17.7 Å². The van der Waals surface area contributed by atoms with Gasteiger partial charge in [-0.15, -0.1) is 0 Å². The van der Waals surface area contributed by atoms with Crippen molar-refractivity contribution in [3.63, 3.8) is 0 Å². The van der Waals surface area contributed by atoms with E-state index in [0.717, 1.165) is 12.1 Å². The van der Waals surface area contributed by atoms with Crippen LogP contribution in [0.15, 0.2) is 48.5 Å². The summed E-state index contributed by atoms with van der Waals surface area (Å²) >= 11 is 5.82. The van der Waals surface area contributed by atoms with Gasteiger partial charge in [0, 0.05) is 22.9 Å². The van der Waals surface area contributed by atoms with Crippen molar-refractivity contribution < 1.29 is 22.8 Å². The zero-order valence-electron chi connectivity index (χ0n) is 13.4. The number of hydrogen-bond acceptors (Lipinski definition) is 2. The van der Waals surface area contributed by atoms with Crippen LogP contribution in [0.5, 0.6) is 0 Å². The maximum atomic E-state index is 12.8. The van der Waals surface area contributed by atoms with Gasteiger partial charge in [-0.2, -0.15) is 13.2 Å². The number of halogens is 4. The lowest BCUT2D eigenvalue weighted by molar-refractivity contribution is -0.137. The van der Waals surface area contributed by atoms with Gasteiger partial charge < -0.3 is 10.2 Å². The second-order valence-electron chi connectivity index (χ2n) is 5.88. The molecule has 2 aromatic rings. The summed E-state index contributed by atoms with van der Waals surface area (Å²) in [6.45, 7) is 0.348.